The van der Waals surface area contributed by atoms with Gasteiger partial charge in [-0.15, -0.1) is 6.42 Å². The van der Waals surface area contributed by atoms with Gasteiger partial charge in [-0.05, 0) is 73.7 Å². The van der Waals surface area contributed by atoms with E-state index in [4.69, 9.17) is 20.9 Å². The molecule has 1 unspecified atom stereocenters. The molecule has 0 radical (unpaired) electrons. The summed E-state index contributed by atoms with van der Waals surface area (Å²) in [7, 11) is 0. The van der Waals surface area contributed by atoms with Crippen molar-refractivity contribution in [1.29, 1.82) is 0 Å². The maximum atomic E-state index is 12.2. The first-order chi connectivity index (χ1) is 16.2. The fraction of sp³-hybridized carbons (Fsp3) is 0.321. The average molecular weight is 439 g/mol. The maximum Gasteiger partial charge on any atom is 0.231 e. The van der Waals surface area contributed by atoms with Crippen LogP contribution >= 0.6 is 0 Å². The lowest BCUT2D eigenvalue weighted by Gasteiger charge is -2.54. The van der Waals surface area contributed by atoms with Crippen LogP contribution in [0.2, 0.25) is 0 Å². The van der Waals surface area contributed by atoms with Crippen LogP contribution in [-0.2, 0) is 12.0 Å². The molecule has 2 aromatic carbocycles. The van der Waals surface area contributed by atoms with Crippen molar-refractivity contribution in [1.82, 2.24) is 9.88 Å². The summed E-state index contributed by atoms with van der Waals surface area (Å²) in [4.78, 5) is 7.05. The van der Waals surface area contributed by atoms with Gasteiger partial charge in [0.05, 0.1) is 5.69 Å². The third kappa shape index (κ3) is 3.30. The summed E-state index contributed by atoms with van der Waals surface area (Å²) in [6.07, 6.45) is 10.4. The highest BCUT2D eigenvalue weighted by Crippen LogP contribution is 2.48. The van der Waals surface area contributed by atoms with Crippen molar-refractivity contribution in [2.45, 2.75) is 30.9 Å². The van der Waals surface area contributed by atoms with Crippen LogP contribution in [0.15, 0.2) is 60.8 Å². The fourth-order valence-corrected chi connectivity index (χ4v) is 5.73. The molecule has 5 heteroatoms. The van der Waals surface area contributed by atoms with Crippen LogP contribution in [0.4, 0.5) is 0 Å². The van der Waals surface area contributed by atoms with Gasteiger partial charge in [-0.25, -0.2) is 0 Å². The standard InChI is InChI=1S/C28H26N2O3/c1-2-27-28(31,22-10-12-30(27)13-11-22)23-17-29-24(15-21(23)14-19-6-4-3-5-7-19)20-8-9-25-26(16-20)33-18-32-25/h1,3-9,15-17,22,27,31H,10-14,18H2/t27?,28-/m1/s1. The molecule has 0 spiro atoms. The van der Waals surface area contributed by atoms with E-state index in [9.17, 15) is 5.11 Å². The number of fused-ring (bicyclic) bond motifs is 4. The number of piperidine rings is 3. The monoisotopic (exact) mass is 438 g/mol. The van der Waals surface area contributed by atoms with Gasteiger partial charge in [0.25, 0.3) is 0 Å². The van der Waals surface area contributed by atoms with Gasteiger partial charge in [0.15, 0.2) is 11.5 Å². The number of hydrogen-bond acceptors (Lipinski definition) is 5. The summed E-state index contributed by atoms with van der Waals surface area (Å²) in [5.41, 5.74) is 3.78. The Morgan fingerprint density at radius 1 is 1.06 bits per heavy atom. The highest BCUT2D eigenvalue weighted by Gasteiger charge is 2.54. The van der Waals surface area contributed by atoms with Gasteiger partial charge in [0.1, 0.15) is 11.6 Å². The zero-order valence-electron chi connectivity index (χ0n) is 18.4. The van der Waals surface area contributed by atoms with Crippen molar-refractivity contribution in [3.63, 3.8) is 0 Å². The Labute approximate surface area is 194 Å². The van der Waals surface area contributed by atoms with E-state index in [2.05, 4.69) is 29.0 Å². The highest BCUT2D eigenvalue weighted by atomic mass is 16.7. The number of hydrogen-bond donors (Lipinski definition) is 1. The second kappa shape index (κ2) is 7.91. The normalized spacial score (nSPS) is 27.3. The quantitative estimate of drug-likeness (QED) is 0.625. The van der Waals surface area contributed by atoms with Crippen molar-refractivity contribution in [2.24, 2.45) is 5.92 Å². The molecular formula is C28H26N2O3. The number of benzene rings is 2. The van der Waals surface area contributed by atoms with E-state index in [1.807, 2.05) is 42.6 Å². The number of nitrogens with zero attached hydrogens (tertiary/aromatic N) is 2. The molecule has 3 saturated heterocycles. The zero-order valence-corrected chi connectivity index (χ0v) is 18.4. The number of rotatable bonds is 4. The smallest absolute Gasteiger partial charge is 0.231 e. The van der Waals surface area contributed by atoms with Gasteiger partial charge in [-0.1, -0.05) is 36.3 Å². The molecule has 0 amide bonds. The molecule has 33 heavy (non-hydrogen) atoms. The van der Waals surface area contributed by atoms with Crippen molar-refractivity contribution < 1.29 is 14.6 Å². The number of aliphatic hydroxyl groups is 1. The Kier molecular flexibility index (Phi) is 4.86. The van der Waals surface area contributed by atoms with Crippen LogP contribution in [0.1, 0.15) is 29.5 Å². The molecule has 1 N–H and O–H groups in total. The Hall–Kier alpha value is -3.33. The Morgan fingerprint density at radius 3 is 2.64 bits per heavy atom. The van der Waals surface area contributed by atoms with Gasteiger partial charge in [-0.3, -0.25) is 9.88 Å². The fourth-order valence-electron chi connectivity index (χ4n) is 5.73. The topological polar surface area (TPSA) is 54.8 Å². The molecule has 0 saturated carbocycles. The molecule has 7 rings (SSSR count). The predicted octanol–water partition coefficient (Wildman–Crippen LogP) is 3.98. The lowest BCUT2D eigenvalue weighted by Crippen LogP contribution is -2.63. The zero-order chi connectivity index (χ0) is 22.4. The van der Waals surface area contributed by atoms with E-state index in [0.717, 1.165) is 59.8 Å². The molecule has 4 aliphatic rings. The van der Waals surface area contributed by atoms with E-state index >= 15 is 0 Å². The molecule has 2 atom stereocenters. The van der Waals surface area contributed by atoms with E-state index in [1.165, 1.54) is 5.56 Å². The van der Waals surface area contributed by atoms with E-state index in [-0.39, 0.29) is 18.8 Å². The van der Waals surface area contributed by atoms with Gasteiger partial charge in [0, 0.05) is 17.3 Å². The van der Waals surface area contributed by atoms with E-state index in [1.54, 1.807) is 0 Å². The molecule has 0 aliphatic carbocycles. The minimum Gasteiger partial charge on any atom is -0.454 e. The largest absolute Gasteiger partial charge is 0.454 e. The van der Waals surface area contributed by atoms with E-state index < -0.39 is 5.60 Å². The van der Waals surface area contributed by atoms with Crippen LogP contribution in [0, 0.1) is 18.3 Å². The van der Waals surface area contributed by atoms with Crippen molar-refractivity contribution in [2.75, 3.05) is 19.9 Å². The summed E-state index contributed by atoms with van der Waals surface area (Å²) >= 11 is 0. The molecule has 5 nitrogen and oxygen atoms in total. The SMILES string of the molecule is C#CC1N2CCC(CC2)[C@@]1(O)c1cnc(-c2ccc3c(c2)OCO3)cc1Cc1ccccc1. The second-order valence-corrected chi connectivity index (χ2v) is 9.16. The summed E-state index contributed by atoms with van der Waals surface area (Å²) in [5.74, 6) is 4.52. The second-order valence-electron chi connectivity index (χ2n) is 9.16. The molecule has 3 aromatic rings. The lowest BCUT2D eigenvalue weighted by molar-refractivity contribution is -0.143. The summed E-state index contributed by atoms with van der Waals surface area (Å²) < 4.78 is 11.0. The average Bonchev–Trinajstić information content (AvgIpc) is 3.33. The molecular weight excluding hydrogens is 412 g/mol. The van der Waals surface area contributed by atoms with Gasteiger partial charge < -0.3 is 14.6 Å². The Morgan fingerprint density at radius 2 is 1.85 bits per heavy atom. The maximum absolute atomic E-state index is 12.2. The van der Waals surface area contributed by atoms with Crippen LogP contribution in [0.5, 0.6) is 11.5 Å². The number of aromatic nitrogens is 1. The molecule has 1 aromatic heterocycles. The lowest BCUT2D eigenvalue weighted by atomic mass is 9.66. The molecule has 3 fully saturated rings. The Bertz CT molecular complexity index is 1230. The summed E-state index contributed by atoms with van der Waals surface area (Å²) in [5, 5.41) is 12.2. The van der Waals surface area contributed by atoms with Crippen LogP contribution < -0.4 is 9.47 Å². The minimum atomic E-state index is -1.10. The number of pyridine rings is 1. The first-order valence-electron chi connectivity index (χ1n) is 11.5. The van der Waals surface area contributed by atoms with Crippen LogP contribution in [0.3, 0.4) is 0 Å². The van der Waals surface area contributed by atoms with Gasteiger partial charge in [0.2, 0.25) is 6.79 Å². The molecule has 4 aliphatic heterocycles. The molecule has 5 heterocycles. The number of ether oxygens (including phenoxy) is 2. The van der Waals surface area contributed by atoms with Crippen molar-refractivity contribution in [3.8, 4) is 35.1 Å². The number of terminal acetylenes is 1. The van der Waals surface area contributed by atoms with Crippen LogP contribution in [-0.4, -0.2) is 40.9 Å². The highest BCUT2D eigenvalue weighted by molar-refractivity contribution is 5.65. The predicted molar refractivity (Wildman–Crippen MR) is 126 cm³/mol. The van der Waals surface area contributed by atoms with Gasteiger partial charge >= 0.3 is 0 Å². The third-order valence-electron chi connectivity index (χ3n) is 7.42. The Balaban J connectivity index is 1.47. The molecule has 2 bridgehead atoms. The first kappa shape index (κ1) is 20.3. The summed E-state index contributed by atoms with van der Waals surface area (Å²) in [6.45, 7) is 2.12. The molecule has 166 valence electrons. The van der Waals surface area contributed by atoms with E-state index in [0.29, 0.717) is 6.42 Å². The first-order valence-corrected chi connectivity index (χ1v) is 11.5. The van der Waals surface area contributed by atoms with Crippen molar-refractivity contribution in [3.05, 3.63) is 77.5 Å². The third-order valence-corrected chi connectivity index (χ3v) is 7.42. The van der Waals surface area contributed by atoms with Gasteiger partial charge in [-0.2, -0.15) is 0 Å². The minimum absolute atomic E-state index is 0.135. The van der Waals surface area contributed by atoms with Crippen molar-refractivity contribution >= 4 is 0 Å². The van der Waals surface area contributed by atoms with Crippen LogP contribution in [0.25, 0.3) is 11.3 Å². The summed E-state index contributed by atoms with van der Waals surface area (Å²) in [6, 6.07) is 18.0.